The first kappa shape index (κ1) is 14.9. The van der Waals surface area contributed by atoms with E-state index in [-0.39, 0.29) is 0 Å². The van der Waals surface area contributed by atoms with Gasteiger partial charge in [0.15, 0.2) is 0 Å². The molecule has 0 aromatic heterocycles. The largest absolute Gasteiger partial charge is 0.388 e. The van der Waals surface area contributed by atoms with Crippen molar-refractivity contribution in [3.05, 3.63) is 0 Å². The molecule has 2 N–H and O–H groups in total. The molecule has 0 amide bonds. The molecule has 1 unspecified atom stereocenters. The Morgan fingerprint density at radius 2 is 1.82 bits per heavy atom. The monoisotopic (exact) mass is 242 g/mol. The summed E-state index contributed by atoms with van der Waals surface area (Å²) >= 11 is 0. The van der Waals surface area contributed by atoms with Crippen LogP contribution in [-0.4, -0.2) is 46.8 Å². The lowest BCUT2D eigenvalue weighted by atomic mass is 9.94. The van der Waals surface area contributed by atoms with Crippen molar-refractivity contribution in [3.63, 3.8) is 0 Å². The summed E-state index contributed by atoms with van der Waals surface area (Å²) in [6.45, 7) is 12.2. The second kappa shape index (κ2) is 6.17. The fraction of sp³-hybridized carbons (Fsp3) is 1.00. The zero-order chi connectivity index (χ0) is 13.1. The van der Waals surface area contributed by atoms with Gasteiger partial charge >= 0.3 is 0 Å². The molecule has 0 aromatic carbocycles. The van der Waals surface area contributed by atoms with E-state index in [1.807, 2.05) is 6.92 Å². The zero-order valence-corrected chi connectivity index (χ0v) is 12.2. The van der Waals surface area contributed by atoms with E-state index in [0.29, 0.717) is 24.7 Å². The van der Waals surface area contributed by atoms with Gasteiger partial charge in [0.05, 0.1) is 5.60 Å². The highest BCUT2D eigenvalue weighted by Crippen LogP contribution is 2.24. The summed E-state index contributed by atoms with van der Waals surface area (Å²) < 4.78 is 0. The summed E-state index contributed by atoms with van der Waals surface area (Å²) in [5.74, 6) is 0. The molecule has 1 aliphatic rings. The highest BCUT2D eigenvalue weighted by atomic mass is 16.3. The Morgan fingerprint density at radius 1 is 1.29 bits per heavy atom. The van der Waals surface area contributed by atoms with Gasteiger partial charge in [-0.15, -0.1) is 0 Å². The molecule has 1 rings (SSSR count). The summed E-state index contributed by atoms with van der Waals surface area (Å²) in [4.78, 5) is 2.46. The van der Waals surface area contributed by atoms with Crippen LogP contribution >= 0.6 is 0 Å². The van der Waals surface area contributed by atoms with Gasteiger partial charge < -0.3 is 10.4 Å². The van der Waals surface area contributed by atoms with E-state index in [2.05, 4.69) is 37.9 Å². The number of β-amino-alcohol motifs (C(OH)–C–C–N with tert-alkyl or cyclic N) is 1. The predicted octanol–water partition coefficient (Wildman–Crippen LogP) is 2.00. The Kier molecular flexibility index (Phi) is 5.42. The van der Waals surface area contributed by atoms with Gasteiger partial charge in [-0.25, -0.2) is 0 Å². The maximum absolute atomic E-state index is 10.4. The summed E-state index contributed by atoms with van der Waals surface area (Å²) in [6, 6.07) is 1.63. The molecule has 3 atom stereocenters. The van der Waals surface area contributed by atoms with E-state index in [1.165, 1.54) is 19.3 Å². The molecule has 0 bridgehead atoms. The highest BCUT2D eigenvalue weighted by molar-refractivity contribution is 4.87. The summed E-state index contributed by atoms with van der Waals surface area (Å²) in [6.07, 6.45) is 3.85. The normalized spacial score (nSPS) is 30.5. The summed E-state index contributed by atoms with van der Waals surface area (Å²) in [5.41, 5.74) is -0.635. The van der Waals surface area contributed by atoms with Gasteiger partial charge in [-0.3, -0.25) is 4.90 Å². The lowest BCUT2D eigenvalue weighted by Crippen LogP contribution is -2.54. The average molecular weight is 242 g/mol. The van der Waals surface area contributed by atoms with Gasteiger partial charge in [-0.2, -0.15) is 0 Å². The molecular formula is C14H30N2O. The van der Waals surface area contributed by atoms with Crippen LogP contribution in [0.5, 0.6) is 0 Å². The van der Waals surface area contributed by atoms with Gasteiger partial charge in [0.1, 0.15) is 0 Å². The molecule has 3 nitrogen and oxygen atoms in total. The van der Waals surface area contributed by atoms with Gasteiger partial charge in [0.25, 0.3) is 0 Å². The van der Waals surface area contributed by atoms with Crippen molar-refractivity contribution in [2.24, 2.45) is 0 Å². The number of aliphatic hydroxyl groups is 1. The summed E-state index contributed by atoms with van der Waals surface area (Å²) in [5, 5.41) is 13.8. The van der Waals surface area contributed by atoms with Crippen LogP contribution in [0.4, 0.5) is 0 Å². The molecule has 17 heavy (non-hydrogen) atoms. The number of piperidine rings is 1. The first-order valence-electron chi connectivity index (χ1n) is 7.03. The van der Waals surface area contributed by atoms with Gasteiger partial charge in [-0.1, -0.05) is 20.3 Å². The molecule has 1 heterocycles. The number of rotatable bonds is 5. The second-order valence-corrected chi connectivity index (χ2v) is 6.33. The molecule has 0 radical (unpaired) electrons. The fourth-order valence-electron chi connectivity index (χ4n) is 2.66. The molecule has 0 aliphatic carbocycles. The maximum atomic E-state index is 10.4. The van der Waals surface area contributed by atoms with E-state index < -0.39 is 5.60 Å². The number of nitrogens with zero attached hydrogens (tertiary/aromatic N) is 1. The van der Waals surface area contributed by atoms with Crippen molar-refractivity contribution in [3.8, 4) is 0 Å². The van der Waals surface area contributed by atoms with Crippen molar-refractivity contribution >= 4 is 0 Å². The molecule has 0 saturated carbocycles. The minimum atomic E-state index is -0.635. The van der Waals surface area contributed by atoms with Gasteiger partial charge in [0.2, 0.25) is 0 Å². The molecule has 0 aromatic rings. The Balaban J connectivity index is 2.49. The minimum Gasteiger partial charge on any atom is -0.388 e. The van der Waals surface area contributed by atoms with E-state index >= 15 is 0 Å². The smallest absolute Gasteiger partial charge is 0.0869 e. The topological polar surface area (TPSA) is 35.5 Å². The summed E-state index contributed by atoms with van der Waals surface area (Å²) in [7, 11) is 0. The average Bonchev–Trinajstić information content (AvgIpc) is 2.21. The van der Waals surface area contributed by atoms with E-state index in [1.54, 1.807) is 0 Å². The lowest BCUT2D eigenvalue weighted by Gasteiger charge is -2.43. The molecule has 3 heteroatoms. The molecule has 1 aliphatic heterocycles. The first-order chi connectivity index (χ1) is 7.82. The second-order valence-electron chi connectivity index (χ2n) is 6.33. The number of hydrogen-bond donors (Lipinski definition) is 2. The van der Waals surface area contributed by atoms with Crippen molar-refractivity contribution in [2.45, 2.75) is 77.6 Å². The van der Waals surface area contributed by atoms with Crippen LogP contribution < -0.4 is 5.32 Å². The Hall–Kier alpha value is -0.120. The van der Waals surface area contributed by atoms with Crippen molar-refractivity contribution in [1.29, 1.82) is 0 Å². The van der Waals surface area contributed by atoms with Crippen LogP contribution in [0, 0.1) is 0 Å². The Labute approximate surface area is 107 Å². The fourth-order valence-corrected chi connectivity index (χ4v) is 2.66. The molecule has 1 fully saturated rings. The molecular weight excluding hydrogens is 212 g/mol. The van der Waals surface area contributed by atoms with E-state index in [0.717, 1.165) is 6.54 Å². The van der Waals surface area contributed by atoms with Gasteiger partial charge in [0, 0.05) is 31.2 Å². The standard InChI is InChI=1S/C14H30N2O/c1-11(2)15-9-14(5,17)10-16-12(3)7-6-8-13(16)4/h11-13,15,17H,6-10H2,1-5H3/t12-,13+,14?. The third-order valence-electron chi connectivity index (χ3n) is 3.79. The van der Waals surface area contributed by atoms with Crippen LogP contribution in [0.15, 0.2) is 0 Å². The number of nitrogens with one attached hydrogen (secondary N) is 1. The van der Waals surface area contributed by atoms with Crippen LogP contribution in [0.25, 0.3) is 0 Å². The van der Waals surface area contributed by atoms with Gasteiger partial charge in [-0.05, 0) is 33.6 Å². The van der Waals surface area contributed by atoms with Crippen LogP contribution in [0.1, 0.15) is 53.9 Å². The van der Waals surface area contributed by atoms with Crippen molar-refractivity contribution in [2.75, 3.05) is 13.1 Å². The molecule has 1 saturated heterocycles. The van der Waals surface area contributed by atoms with E-state index in [9.17, 15) is 5.11 Å². The first-order valence-corrected chi connectivity index (χ1v) is 7.03. The van der Waals surface area contributed by atoms with Crippen LogP contribution in [0.2, 0.25) is 0 Å². The lowest BCUT2D eigenvalue weighted by molar-refractivity contribution is -0.0186. The third kappa shape index (κ3) is 4.94. The Bertz CT molecular complexity index is 218. The van der Waals surface area contributed by atoms with E-state index in [4.69, 9.17) is 0 Å². The third-order valence-corrected chi connectivity index (χ3v) is 3.79. The van der Waals surface area contributed by atoms with Crippen LogP contribution in [-0.2, 0) is 0 Å². The zero-order valence-electron chi connectivity index (χ0n) is 12.2. The Morgan fingerprint density at radius 3 is 2.29 bits per heavy atom. The number of likely N-dealkylation sites (tertiary alicyclic amines) is 1. The quantitative estimate of drug-likeness (QED) is 0.774. The predicted molar refractivity (Wildman–Crippen MR) is 73.2 cm³/mol. The van der Waals surface area contributed by atoms with Crippen LogP contribution in [0.3, 0.4) is 0 Å². The minimum absolute atomic E-state index is 0.428. The molecule has 102 valence electrons. The number of hydrogen-bond acceptors (Lipinski definition) is 3. The van der Waals surface area contributed by atoms with Crippen molar-refractivity contribution in [1.82, 2.24) is 10.2 Å². The SMILES string of the molecule is CC(C)NCC(C)(O)CN1[C@H](C)CCC[C@@H]1C. The maximum Gasteiger partial charge on any atom is 0.0869 e. The van der Waals surface area contributed by atoms with Crippen molar-refractivity contribution < 1.29 is 5.11 Å². The highest BCUT2D eigenvalue weighted by Gasteiger charge is 2.31. The molecule has 0 spiro atoms.